The highest BCUT2D eigenvalue weighted by Crippen LogP contribution is 2.27. The molecule has 0 atom stereocenters. The standard InChI is InChI=1S/C9H10Cl3N/c1-13(5-4-10)9-6-7(11)2-3-8(9)12/h2-3,6H,4-5H2,1H3. The molecule has 0 aliphatic rings. The summed E-state index contributed by atoms with van der Waals surface area (Å²) in [6.07, 6.45) is 0. The summed E-state index contributed by atoms with van der Waals surface area (Å²) in [6, 6.07) is 5.38. The molecule has 0 unspecified atom stereocenters. The highest BCUT2D eigenvalue weighted by atomic mass is 35.5. The van der Waals surface area contributed by atoms with E-state index in [-0.39, 0.29) is 0 Å². The van der Waals surface area contributed by atoms with E-state index in [9.17, 15) is 0 Å². The lowest BCUT2D eigenvalue weighted by Crippen LogP contribution is -2.19. The van der Waals surface area contributed by atoms with Gasteiger partial charge in [0.05, 0.1) is 10.7 Å². The highest BCUT2D eigenvalue weighted by molar-refractivity contribution is 6.35. The number of hydrogen-bond acceptors (Lipinski definition) is 1. The third kappa shape index (κ3) is 2.94. The first-order valence-electron chi connectivity index (χ1n) is 3.87. The van der Waals surface area contributed by atoms with Crippen LogP contribution in [0, 0.1) is 0 Å². The number of rotatable bonds is 3. The largest absolute Gasteiger partial charge is 0.372 e. The van der Waals surface area contributed by atoms with E-state index in [0.29, 0.717) is 15.9 Å². The Bertz CT molecular complexity index is 288. The van der Waals surface area contributed by atoms with Gasteiger partial charge in [-0.2, -0.15) is 0 Å². The third-order valence-corrected chi connectivity index (χ3v) is 2.46. The Hall–Kier alpha value is -0.110. The summed E-state index contributed by atoms with van der Waals surface area (Å²) in [4.78, 5) is 1.97. The van der Waals surface area contributed by atoms with Crippen LogP contribution in [0.2, 0.25) is 10.0 Å². The molecule has 1 nitrogen and oxygen atoms in total. The Morgan fingerprint density at radius 2 is 2.00 bits per heavy atom. The normalized spacial score (nSPS) is 10.2. The molecule has 0 amide bonds. The van der Waals surface area contributed by atoms with Crippen LogP contribution in [0.25, 0.3) is 0 Å². The second kappa shape index (κ2) is 4.94. The van der Waals surface area contributed by atoms with Gasteiger partial charge < -0.3 is 4.90 Å². The van der Waals surface area contributed by atoms with Gasteiger partial charge in [-0.15, -0.1) is 11.6 Å². The summed E-state index contributed by atoms with van der Waals surface area (Å²) in [5.41, 5.74) is 0.912. The van der Waals surface area contributed by atoms with E-state index in [0.717, 1.165) is 12.2 Å². The zero-order chi connectivity index (χ0) is 9.84. The molecule has 0 fully saturated rings. The van der Waals surface area contributed by atoms with Crippen LogP contribution in [0.5, 0.6) is 0 Å². The minimum absolute atomic E-state index is 0.569. The van der Waals surface area contributed by atoms with Gasteiger partial charge in [0.15, 0.2) is 0 Å². The average molecular weight is 239 g/mol. The van der Waals surface area contributed by atoms with Gasteiger partial charge in [0.25, 0.3) is 0 Å². The maximum absolute atomic E-state index is 5.98. The monoisotopic (exact) mass is 237 g/mol. The predicted octanol–water partition coefficient (Wildman–Crippen LogP) is 3.67. The minimum atomic E-state index is 0.569. The number of nitrogens with zero attached hydrogens (tertiary/aromatic N) is 1. The van der Waals surface area contributed by atoms with Gasteiger partial charge >= 0.3 is 0 Å². The van der Waals surface area contributed by atoms with Crippen molar-refractivity contribution in [3.05, 3.63) is 28.2 Å². The molecule has 1 aromatic rings. The van der Waals surface area contributed by atoms with Crippen LogP contribution >= 0.6 is 34.8 Å². The van der Waals surface area contributed by atoms with Crippen molar-refractivity contribution in [2.24, 2.45) is 0 Å². The van der Waals surface area contributed by atoms with Crippen LogP contribution in [0.15, 0.2) is 18.2 Å². The van der Waals surface area contributed by atoms with Gasteiger partial charge in [0, 0.05) is 24.5 Å². The van der Waals surface area contributed by atoms with Crippen LogP contribution in [0.3, 0.4) is 0 Å². The van der Waals surface area contributed by atoms with Crippen molar-refractivity contribution in [1.29, 1.82) is 0 Å². The predicted molar refractivity (Wildman–Crippen MR) is 60.5 cm³/mol. The van der Waals surface area contributed by atoms with Crippen molar-refractivity contribution in [2.45, 2.75) is 0 Å². The highest BCUT2D eigenvalue weighted by Gasteiger charge is 2.05. The molecule has 0 radical (unpaired) electrons. The lowest BCUT2D eigenvalue weighted by atomic mass is 10.3. The van der Waals surface area contributed by atoms with Crippen molar-refractivity contribution in [2.75, 3.05) is 24.4 Å². The molecule has 0 aromatic heterocycles. The van der Waals surface area contributed by atoms with Crippen LogP contribution in [-0.2, 0) is 0 Å². The second-order valence-electron chi connectivity index (χ2n) is 2.71. The Labute approximate surface area is 93.2 Å². The molecule has 4 heteroatoms. The molecule has 0 saturated heterocycles. The van der Waals surface area contributed by atoms with E-state index in [1.807, 2.05) is 18.0 Å². The van der Waals surface area contributed by atoms with Gasteiger partial charge in [0.1, 0.15) is 0 Å². The molecule has 13 heavy (non-hydrogen) atoms. The van der Waals surface area contributed by atoms with E-state index in [4.69, 9.17) is 34.8 Å². The van der Waals surface area contributed by atoms with Gasteiger partial charge in [-0.25, -0.2) is 0 Å². The van der Waals surface area contributed by atoms with Gasteiger partial charge in [-0.05, 0) is 18.2 Å². The quantitative estimate of drug-likeness (QED) is 0.726. The minimum Gasteiger partial charge on any atom is -0.372 e. The number of benzene rings is 1. The summed E-state index contributed by atoms with van der Waals surface area (Å²) in [5.74, 6) is 0.569. The molecule has 1 aromatic carbocycles. The van der Waals surface area contributed by atoms with Crippen molar-refractivity contribution < 1.29 is 0 Å². The lowest BCUT2D eigenvalue weighted by Gasteiger charge is -2.19. The Balaban J connectivity index is 2.91. The lowest BCUT2D eigenvalue weighted by molar-refractivity contribution is 0.974. The van der Waals surface area contributed by atoms with E-state index in [1.165, 1.54) is 0 Å². The molecular weight excluding hydrogens is 228 g/mol. The molecule has 0 N–H and O–H groups in total. The van der Waals surface area contributed by atoms with E-state index in [1.54, 1.807) is 12.1 Å². The summed E-state index contributed by atoms with van der Waals surface area (Å²) in [5, 5.41) is 1.37. The molecule has 0 aliphatic carbocycles. The van der Waals surface area contributed by atoms with E-state index >= 15 is 0 Å². The molecule has 1 rings (SSSR count). The first-order valence-corrected chi connectivity index (χ1v) is 5.16. The van der Waals surface area contributed by atoms with Crippen LogP contribution in [0.1, 0.15) is 0 Å². The van der Waals surface area contributed by atoms with E-state index in [2.05, 4.69) is 0 Å². The van der Waals surface area contributed by atoms with Crippen LogP contribution < -0.4 is 4.90 Å². The molecule has 0 spiro atoms. The maximum atomic E-state index is 5.98. The fourth-order valence-electron chi connectivity index (χ4n) is 1.03. The van der Waals surface area contributed by atoms with Gasteiger partial charge in [-0.1, -0.05) is 23.2 Å². The fraction of sp³-hybridized carbons (Fsp3) is 0.333. The Kier molecular flexibility index (Phi) is 4.17. The molecule has 72 valence electrons. The number of halogens is 3. The Morgan fingerprint density at radius 3 is 2.62 bits per heavy atom. The molecule has 0 bridgehead atoms. The summed E-state index contributed by atoms with van der Waals surface area (Å²) >= 11 is 17.4. The maximum Gasteiger partial charge on any atom is 0.0640 e. The second-order valence-corrected chi connectivity index (χ2v) is 3.93. The molecular formula is C9H10Cl3N. The van der Waals surface area contributed by atoms with Gasteiger partial charge in [0.2, 0.25) is 0 Å². The topological polar surface area (TPSA) is 3.24 Å². The summed E-state index contributed by atoms with van der Waals surface area (Å²) < 4.78 is 0. The van der Waals surface area contributed by atoms with Crippen LogP contribution in [-0.4, -0.2) is 19.5 Å². The Morgan fingerprint density at radius 1 is 1.31 bits per heavy atom. The van der Waals surface area contributed by atoms with Crippen LogP contribution in [0.4, 0.5) is 5.69 Å². The fourth-order valence-corrected chi connectivity index (χ4v) is 1.71. The summed E-state index contributed by atoms with van der Waals surface area (Å²) in [6.45, 7) is 0.752. The average Bonchev–Trinajstić information content (AvgIpc) is 2.09. The SMILES string of the molecule is CN(CCCl)c1cc(Cl)ccc1Cl. The van der Waals surface area contributed by atoms with Crippen molar-refractivity contribution in [3.8, 4) is 0 Å². The molecule has 0 heterocycles. The number of anilines is 1. The van der Waals surface area contributed by atoms with E-state index < -0.39 is 0 Å². The van der Waals surface area contributed by atoms with Crippen molar-refractivity contribution >= 4 is 40.5 Å². The molecule has 0 saturated carbocycles. The summed E-state index contributed by atoms with van der Waals surface area (Å²) in [7, 11) is 1.93. The smallest absolute Gasteiger partial charge is 0.0640 e. The number of alkyl halides is 1. The van der Waals surface area contributed by atoms with Crippen molar-refractivity contribution in [1.82, 2.24) is 0 Å². The number of hydrogen-bond donors (Lipinski definition) is 0. The third-order valence-electron chi connectivity index (χ3n) is 1.74. The first kappa shape index (κ1) is 11.0. The van der Waals surface area contributed by atoms with Crippen molar-refractivity contribution in [3.63, 3.8) is 0 Å². The zero-order valence-corrected chi connectivity index (χ0v) is 9.50. The molecule has 0 aliphatic heterocycles. The zero-order valence-electron chi connectivity index (χ0n) is 7.23. The first-order chi connectivity index (χ1) is 6.15. The van der Waals surface area contributed by atoms with Gasteiger partial charge in [-0.3, -0.25) is 0 Å².